The van der Waals surface area contributed by atoms with E-state index in [1.165, 1.54) is 16.7 Å². The standard InChI is InChI=1S/C15H22N2/c1-10(2)14(8-16)9-17-15-7-6-11(3)12(4)13(15)5/h6-7,10,14,17H,9H2,1-5H3. The molecule has 0 aliphatic carbocycles. The molecular formula is C15H22N2. The van der Waals surface area contributed by atoms with Gasteiger partial charge in [0.15, 0.2) is 0 Å². The predicted molar refractivity (Wildman–Crippen MR) is 73.1 cm³/mol. The zero-order valence-electron chi connectivity index (χ0n) is 11.5. The smallest absolute Gasteiger partial charge is 0.0677 e. The zero-order chi connectivity index (χ0) is 13.0. The number of aryl methyl sites for hydroxylation is 1. The van der Waals surface area contributed by atoms with Gasteiger partial charge in [0.05, 0.1) is 12.0 Å². The summed E-state index contributed by atoms with van der Waals surface area (Å²) in [6.45, 7) is 11.3. The molecule has 0 aliphatic heterocycles. The molecule has 2 heteroatoms. The molecule has 1 N–H and O–H groups in total. The SMILES string of the molecule is Cc1ccc(NCC(C#N)C(C)C)c(C)c1C. The highest BCUT2D eigenvalue weighted by molar-refractivity contribution is 5.56. The fraction of sp³-hybridized carbons (Fsp3) is 0.533. The van der Waals surface area contributed by atoms with Gasteiger partial charge in [-0.1, -0.05) is 19.9 Å². The number of benzene rings is 1. The molecule has 0 aromatic heterocycles. The van der Waals surface area contributed by atoms with Crippen LogP contribution in [-0.4, -0.2) is 6.54 Å². The molecule has 0 aliphatic rings. The summed E-state index contributed by atoms with van der Waals surface area (Å²) in [6.07, 6.45) is 0. The number of hydrogen-bond donors (Lipinski definition) is 1. The molecule has 1 unspecified atom stereocenters. The summed E-state index contributed by atoms with van der Waals surface area (Å²) in [7, 11) is 0. The largest absolute Gasteiger partial charge is 0.383 e. The van der Waals surface area contributed by atoms with E-state index < -0.39 is 0 Å². The second-order valence-corrected chi connectivity index (χ2v) is 5.04. The van der Waals surface area contributed by atoms with E-state index in [-0.39, 0.29) is 5.92 Å². The molecule has 0 radical (unpaired) electrons. The van der Waals surface area contributed by atoms with Crippen molar-refractivity contribution in [3.63, 3.8) is 0 Å². The summed E-state index contributed by atoms with van der Waals surface area (Å²) in [4.78, 5) is 0. The third-order valence-corrected chi connectivity index (χ3v) is 3.54. The van der Waals surface area contributed by atoms with Crippen LogP contribution in [0, 0.1) is 43.9 Å². The van der Waals surface area contributed by atoms with E-state index in [4.69, 9.17) is 5.26 Å². The lowest BCUT2D eigenvalue weighted by Gasteiger charge is -2.17. The highest BCUT2D eigenvalue weighted by atomic mass is 14.9. The van der Waals surface area contributed by atoms with E-state index in [1.807, 2.05) is 0 Å². The lowest BCUT2D eigenvalue weighted by Crippen LogP contribution is -2.18. The number of anilines is 1. The van der Waals surface area contributed by atoms with E-state index in [9.17, 15) is 0 Å². The second-order valence-electron chi connectivity index (χ2n) is 5.04. The van der Waals surface area contributed by atoms with E-state index >= 15 is 0 Å². The van der Waals surface area contributed by atoms with Crippen LogP contribution in [0.2, 0.25) is 0 Å². The molecule has 0 spiro atoms. The van der Waals surface area contributed by atoms with Gasteiger partial charge in [-0.05, 0) is 49.4 Å². The number of nitrogens with zero attached hydrogens (tertiary/aromatic N) is 1. The molecule has 17 heavy (non-hydrogen) atoms. The minimum Gasteiger partial charge on any atom is -0.383 e. The van der Waals surface area contributed by atoms with E-state index in [2.05, 4.69) is 58.1 Å². The summed E-state index contributed by atoms with van der Waals surface area (Å²) in [6, 6.07) is 6.58. The van der Waals surface area contributed by atoms with Gasteiger partial charge < -0.3 is 5.32 Å². The van der Waals surface area contributed by atoms with Crippen LogP contribution >= 0.6 is 0 Å². The average molecular weight is 230 g/mol. The summed E-state index contributed by atoms with van der Waals surface area (Å²) in [5, 5.41) is 12.4. The van der Waals surface area contributed by atoms with E-state index in [0.717, 1.165) is 12.2 Å². The summed E-state index contributed by atoms with van der Waals surface area (Å²) in [5.74, 6) is 0.454. The molecule has 0 bridgehead atoms. The van der Waals surface area contributed by atoms with Crippen molar-refractivity contribution >= 4 is 5.69 Å². The second kappa shape index (κ2) is 5.72. The van der Waals surface area contributed by atoms with Crippen molar-refractivity contribution in [2.45, 2.75) is 34.6 Å². The maximum Gasteiger partial charge on any atom is 0.0677 e. The van der Waals surface area contributed by atoms with Crippen LogP contribution in [0.5, 0.6) is 0 Å². The van der Waals surface area contributed by atoms with Crippen LogP contribution in [0.3, 0.4) is 0 Å². The first-order valence-electron chi connectivity index (χ1n) is 6.17. The van der Waals surface area contributed by atoms with Crippen LogP contribution in [0.4, 0.5) is 5.69 Å². The first-order chi connectivity index (χ1) is 7.97. The Bertz CT molecular complexity index is 427. The Morgan fingerprint density at radius 1 is 1.18 bits per heavy atom. The number of nitriles is 1. The topological polar surface area (TPSA) is 35.8 Å². The molecule has 0 amide bonds. The fourth-order valence-corrected chi connectivity index (χ4v) is 1.80. The molecular weight excluding hydrogens is 208 g/mol. The Kier molecular flexibility index (Phi) is 4.57. The third kappa shape index (κ3) is 3.23. The van der Waals surface area contributed by atoms with Gasteiger partial charge in [-0.25, -0.2) is 0 Å². The number of nitrogens with one attached hydrogen (secondary N) is 1. The quantitative estimate of drug-likeness (QED) is 0.853. The van der Waals surface area contributed by atoms with Gasteiger partial charge in [-0.3, -0.25) is 0 Å². The minimum atomic E-state index is 0.0657. The van der Waals surface area contributed by atoms with Crippen molar-refractivity contribution in [3.8, 4) is 6.07 Å². The van der Waals surface area contributed by atoms with Crippen molar-refractivity contribution < 1.29 is 0 Å². The van der Waals surface area contributed by atoms with Crippen LogP contribution < -0.4 is 5.32 Å². The van der Waals surface area contributed by atoms with Gasteiger partial charge in [0, 0.05) is 12.2 Å². The van der Waals surface area contributed by atoms with Crippen molar-refractivity contribution in [3.05, 3.63) is 28.8 Å². The summed E-state index contributed by atoms with van der Waals surface area (Å²) >= 11 is 0. The highest BCUT2D eigenvalue weighted by Crippen LogP contribution is 2.22. The Morgan fingerprint density at radius 3 is 2.35 bits per heavy atom. The van der Waals surface area contributed by atoms with Crippen molar-refractivity contribution in [2.24, 2.45) is 11.8 Å². The molecule has 0 heterocycles. The first-order valence-corrected chi connectivity index (χ1v) is 6.17. The Balaban J connectivity index is 2.77. The molecule has 2 nitrogen and oxygen atoms in total. The molecule has 1 atom stereocenters. The molecule has 1 rings (SSSR count). The zero-order valence-corrected chi connectivity index (χ0v) is 11.5. The predicted octanol–water partition coefficient (Wildman–Crippen LogP) is 3.82. The van der Waals surface area contributed by atoms with E-state index in [0.29, 0.717) is 5.92 Å². The van der Waals surface area contributed by atoms with Gasteiger partial charge in [0.2, 0.25) is 0 Å². The normalized spacial score (nSPS) is 12.3. The maximum absolute atomic E-state index is 9.05. The van der Waals surface area contributed by atoms with Gasteiger partial charge in [0.25, 0.3) is 0 Å². The Hall–Kier alpha value is -1.49. The lowest BCUT2D eigenvalue weighted by atomic mass is 9.97. The first kappa shape index (κ1) is 13.6. The van der Waals surface area contributed by atoms with Gasteiger partial charge >= 0.3 is 0 Å². The molecule has 92 valence electrons. The average Bonchev–Trinajstić information content (AvgIpc) is 2.29. The minimum absolute atomic E-state index is 0.0657. The van der Waals surface area contributed by atoms with Gasteiger partial charge in [0.1, 0.15) is 0 Å². The Labute approximate surface area is 105 Å². The Morgan fingerprint density at radius 2 is 1.82 bits per heavy atom. The fourth-order valence-electron chi connectivity index (χ4n) is 1.80. The van der Waals surface area contributed by atoms with Crippen LogP contribution in [0.25, 0.3) is 0 Å². The number of hydrogen-bond acceptors (Lipinski definition) is 2. The van der Waals surface area contributed by atoms with Crippen LogP contribution in [-0.2, 0) is 0 Å². The van der Waals surface area contributed by atoms with Crippen LogP contribution in [0.1, 0.15) is 30.5 Å². The van der Waals surface area contributed by atoms with Crippen molar-refractivity contribution in [2.75, 3.05) is 11.9 Å². The summed E-state index contributed by atoms with van der Waals surface area (Å²) < 4.78 is 0. The molecule has 0 saturated heterocycles. The highest BCUT2D eigenvalue weighted by Gasteiger charge is 2.12. The monoisotopic (exact) mass is 230 g/mol. The van der Waals surface area contributed by atoms with Gasteiger partial charge in [-0.15, -0.1) is 0 Å². The number of rotatable bonds is 4. The van der Waals surface area contributed by atoms with Gasteiger partial charge in [-0.2, -0.15) is 5.26 Å². The molecule has 1 aromatic carbocycles. The van der Waals surface area contributed by atoms with Crippen molar-refractivity contribution in [1.29, 1.82) is 5.26 Å². The molecule has 1 aromatic rings. The lowest BCUT2D eigenvalue weighted by molar-refractivity contribution is 0.496. The molecule has 0 fully saturated rings. The van der Waals surface area contributed by atoms with E-state index in [1.54, 1.807) is 0 Å². The summed E-state index contributed by atoms with van der Waals surface area (Å²) in [5.41, 5.74) is 5.07. The third-order valence-electron chi connectivity index (χ3n) is 3.54. The maximum atomic E-state index is 9.05. The molecule has 0 saturated carbocycles. The van der Waals surface area contributed by atoms with Crippen LogP contribution in [0.15, 0.2) is 12.1 Å². The van der Waals surface area contributed by atoms with Crippen molar-refractivity contribution in [1.82, 2.24) is 0 Å².